The third-order valence-corrected chi connectivity index (χ3v) is 3.02. The maximum atomic E-state index is 12.2. The van der Waals surface area contributed by atoms with E-state index in [1.54, 1.807) is 23.1 Å². The summed E-state index contributed by atoms with van der Waals surface area (Å²) in [5, 5.41) is 0. The van der Waals surface area contributed by atoms with Crippen LogP contribution in [0.2, 0.25) is 0 Å². The van der Waals surface area contributed by atoms with E-state index in [1.807, 2.05) is 13.1 Å². The number of benzene rings is 1. The van der Waals surface area contributed by atoms with E-state index in [0.29, 0.717) is 16.5 Å². The predicted octanol–water partition coefficient (Wildman–Crippen LogP) is 2.44. The van der Waals surface area contributed by atoms with Gasteiger partial charge < -0.3 is 10.6 Å². The molecule has 1 aromatic carbocycles. The highest BCUT2D eigenvalue weighted by Crippen LogP contribution is 2.09. The molecule has 1 rings (SSSR count). The predicted molar refractivity (Wildman–Crippen MR) is 78.7 cm³/mol. The molecule has 0 spiro atoms. The maximum absolute atomic E-state index is 12.2. The highest BCUT2D eigenvalue weighted by molar-refractivity contribution is 7.80. The van der Waals surface area contributed by atoms with Gasteiger partial charge >= 0.3 is 0 Å². The lowest BCUT2D eigenvalue weighted by atomic mass is 10.1. The first-order chi connectivity index (χ1) is 8.41. The van der Waals surface area contributed by atoms with Gasteiger partial charge in [-0.1, -0.05) is 38.2 Å². The lowest BCUT2D eigenvalue weighted by Crippen LogP contribution is -2.28. The number of rotatable bonds is 5. The summed E-state index contributed by atoms with van der Waals surface area (Å²) < 4.78 is 0. The van der Waals surface area contributed by atoms with Crippen LogP contribution in [0.3, 0.4) is 0 Å². The highest BCUT2D eigenvalue weighted by atomic mass is 32.1. The van der Waals surface area contributed by atoms with Crippen molar-refractivity contribution in [3.8, 4) is 0 Å². The van der Waals surface area contributed by atoms with Gasteiger partial charge in [0.25, 0.3) is 5.91 Å². The summed E-state index contributed by atoms with van der Waals surface area (Å²) in [4.78, 5) is 14.2. The molecular weight excluding hydrogens is 244 g/mol. The molecule has 0 aromatic heterocycles. The third-order valence-electron chi connectivity index (χ3n) is 2.78. The summed E-state index contributed by atoms with van der Waals surface area (Å²) in [5.74, 6) is 0.594. The minimum absolute atomic E-state index is 0.00810. The van der Waals surface area contributed by atoms with Crippen molar-refractivity contribution < 1.29 is 4.79 Å². The zero-order valence-electron chi connectivity index (χ0n) is 11.1. The summed E-state index contributed by atoms with van der Waals surface area (Å²) in [7, 11) is 1.82. The van der Waals surface area contributed by atoms with E-state index < -0.39 is 0 Å². The molecule has 1 amide bonds. The van der Waals surface area contributed by atoms with Crippen LogP contribution < -0.4 is 5.73 Å². The van der Waals surface area contributed by atoms with Gasteiger partial charge in [0, 0.05) is 24.7 Å². The Balaban J connectivity index is 2.77. The van der Waals surface area contributed by atoms with Gasteiger partial charge in [0.15, 0.2) is 0 Å². The molecule has 0 heterocycles. The highest BCUT2D eigenvalue weighted by Gasteiger charge is 2.12. The lowest BCUT2D eigenvalue weighted by molar-refractivity contribution is 0.0789. The Bertz CT molecular complexity index is 443. The van der Waals surface area contributed by atoms with Crippen LogP contribution in [-0.2, 0) is 0 Å². The molecule has 3 nitrogen and oxygen atoms in total. The van der Waals surface area contributed by atoms with Crippen LogP contribution in [-0.4, -0.2) is 29.4 Å². The van der Waals surface area contributed by atoms with Crippen LogP contribution >= 0.6 is 12.2 Å². The number of nitrogens with zero attached hydrogens (tertiary/aromatic N) is 1. The summed E-state index contributed by atoms with van der Waals surface area (Å²) in [6.07, 6.45) is 0.997. The van der Waals surface area contributed by atoms with Crippen molar-refractivity contribution in [1.29, 1.82) is 0 Å². The molecule has 0 fully saturated rings. The Kier molecular flexibility index (Phi) is 5.28. The maximum Gasteiger partial charge on any atom is 0.253 e. The van der Waals surface area contributed by atoms with Crippen molar-refractivity contribution in [3.63, 3.8) is 0 Å². The molecule has 0 aliphatic heterocycles. The van der Waals surface area contributed by atoms with Crippen LogP contribution in [0.5, 0.6) is 0 Å². The normalized spacial score (nSPS) is 10.4. The van der Waals surface area contributed by atoms with Gasteiger partial charge in [-0.3, -0.25) is 4.79 Å². The second-order valence-corrected chi connectivity index (χ2v) is 5.29. The zero-order chi connectivity index (χ0) is 13.7. The molecule has 0 atom stereocenters. The minimum atomic E-state index is 0.00810. The summed E-state index contributed by atoms with van der Waals surface area (Å²) in [6.45, 7) is 5.05. The molecule has 18 heavy (non-hydrogen) atoms. The molecule has 98 valence electrons. The molecule has 0 saturated heterocycles. The topological polar surface area (TPSA) is 46.3 Å². The molecule has 0 unspecified atom stereocenters. The number of thiocarbonyl (C=S) groups is 1. The number of hydrogen-bond acceptors (Lipinski definition) is 2. The Labute approximate surface area is 114 Å². The first kappa shape index (κ1) is 14.6. The van der Waals surface area contributed by atoms with Crippen molar-refractivity contribution in [2.45, 2.75) is 20.3 Å². The molecular formula is C14H20N2OS. The van der Waals surface area contributed by atoms with Crippen LogP contribution in [0.25, 0.3) is 0 Å². The van der Waals surface area contributed by atoms with Crippen molar-refractivity contribution in [2.24, 2.45) is 11.7 Å². The quantitative estimate of drug-likeness (QED) is 0.831. The zero-order valence-corrected chi connectivity index (χ0v) is 12.0. The summed E-state index contributed by atoms with van der Waals surface area (Å²) in [6, 6.07) is 7.15. The monoisotopic (exact) mass is 264 g/mol. The molecule has 0 saturated carbocycles. The third kappa shape index (κ3) is 4.11. The first-order valence-corrected chi connectivity index (χ1v) is 6.48. The minimum Gasteiger partial charge on any atom is -0.389 e. The molecule has 4 heteroatoms. The van der Waals surface area contributed by atoms with E-state index in [1.165, 1.54) is 0 Å². The van der Waals surface area contributed by atoms with Crippen LogP contribution in [0, 0.1) is 5.92 Å². The number of amides is 1. The molecule has 0 aliphatic carbocycles. The van der Waals surface area contributed by atoms with Gasteiger partial charge in [0.1, 0.15) is 4.99 Å². The number of carbonyl (C=O) groups is 1. The van der Waals surface area contributed by atoms with E-state index in [2.05, 4.69) is 13.8 Å². The second-order valence-electron chi connectivity index (χ2n) is 4.85. The van der Waals surface area contributed by atoms with Crippen molar-refractivity contribution in [3.05, 3.63) is 35.4 Å². The van der Waals surface area contributed by atoms with Crippen molar-refractivity contribution in [1.82, 2.24) is 4.90 Å². The Morgan fingerprint density at radius 3 is 2.56 bits per heavy atom. The largest absolute Gasteiger partial charge is 0.389 e. The molecule has 0 bridgehead atoms. The molecule has 0 radical (unpaired) electrons. The van der Waals surface area contributed by atoms with Crippen molar-refractivity contribution >= 4 is 23.1 Å². The number of carbonyl (C=O) groups excluding carboxylic acids is 1. The van der Waals surface area contributed by atoms with E-state index in [-0.39, 0.29) is 5.91 Å². The fraction of sp³-hybridized carbons (Fsp3) is 0.429. The SMILES string of the molecule is CC(C)CCN(C)C(=O)c1cccc(C(N)=S)c1. The lowest BCUT2D eigenvalue weighted by Gasteiger charge is -2.18. The molecule has 0 aliphatic rings. The fourth-order valence-electron chi connectivity index (χ4n) is 1.58. The molecule has 1 aromatic rings. The van der Waals surface area contributed by atoms with E-state index >= 15 is 0 Å². The van der Waals surface area contributed by atoms with Gasteiger partial charge in [-0.25, -0.2) is 0 Å². The van der Waals surface area contributed by atoms with Gasteiger partial charge in [0.05, 0.1) is 0 Å². The first-order valence-electron chi connectivity index (χ1n) is 6.07. The standard InChI is InChI=1S/C14H20N2OS/c1-10(2)7-8-16(3)14(17)12-6-4-5-11(9-12)13(15)18/h4-6,9-10H,7-8H2,1-3H3,(H2,15,18). The van der Waals surface area contributed by atoms with Crippen molar-refractivity contribution in [2.75, 3.05) is 13.6 Å². The number of nitrogens with two attached hydrogens (primary N) is 1. The molecule has 2 N–H and O–H groups in total. The van der Waals surface area contributed by atoms with E-state index in [0.717, 1.165) is 18.5 Å². The second kappa shape index (κ2) is 6.50. The average molecular weight is 264 g/mol. The fourth-order valence-corrected chi connectivity index (χ4v) is 1.71. The Morgan fingerprint density at radius 2 is 2.00 bits per heavy atom. The van der Waals surface area contributed by atoms with E-state index in [4.69, 9.17) is 18.0 Å². The van der Waals surface area contributed by atoms with Gasteiger partial charge in [0.2, 0.25) is 0 Å². The van der Waals surface area contributed by atoms with Gasteiger partial charge in [-0.2, -0.15) is 0 Å². The van der Waals surface area contributed by atoms with Crippen LogP contribution in [0.15, 0.2) is 24.3 Å². The smallest absolute Gasteiger partial charge is 0.253 e. The van der Waals surface area contributed by atoms with E-state index in [9.17, 15) is 4.79 Å². The van der Waals surface area contributed by atoms with Crippen LogP contribution in [0.1, 0.15) is 36.2 Å². The van der Waals surface area contributed by atoms with Gasteiger partial charge in [-0.05, 0) is 24.5 Å². The Hall–Kier alpha value is -1.42. The summed E-state index contributed by atoms with van der Waals surface area (Å²) in [5.41, 5.74) is 6.92. The van der Waals surface area contributed by atoms with Gasteiger partial charge in [-0.15, -0.1) is 0 Å². The number of hydrogen-bond donors (Lipinski definition) is 1. The van der Waals surface area contributed by atoms with Crippen LogP contribution in [0.4, 0.5) is 0 Å². The summed E-state index contributed by atoms with van der Waals surface area (Å²) >= 11 is 4.91. The Morgan fingerprint density at radius 1 is 1.39 bits per heavy atom. The average Bonchev–Trinajstić information content (AvgIpc) is 2.35.